The first-order valence-electron chi connectivity index (χ1n) is 9.03. The maximum Gasteiger partial charge on any atom is 0.203 e. The first-order chi connectivity index (χ1) is 14.8. The molecule has 0 fully saturated rings. The van der Waals surface area contributed by atoms with Crippen molar-refractivity contribution in [1.29, 1.82) is 0 Å². The van der Waals surface area contributed by atoms with Crippen LogP contribution in [0.4, 0.5) is 11.4 Å². The molecule has 2 rings (SSSR count). The van der Waals surface area contributed by atoms with E-state index >= 15 is 0 Å². The second kappa shape index (κ2) is 12.9. The Bertz CT molecular complexity index is 849. The second-order valence-corrected chi connectivity index (χ2v) is 8.37. The molecule has 0 aliphatic carbocycles. The number of nitrogens with zero attached hydrogens (tertiary/aromatic N) is 6. The zero-order valence-electron chi connectivity index (χ0n) is 16.1. The highest BCUT2D eigenvalue weighted by Gasteiger charge is 2.11. The highest BCUT2D eigenvalue weighted by atomic mass is 79.9. The first-order valence-corrected chi connectivity index (χ1v) is 10.9. The molecule has 13 heteroatoms. The number of halogens is 2. The lowest BCUT2D eigenvalue weighted by atomic mass is 10.1. The van der Waals surface area contributed by atoms with E-state index in [0.29, 0.717) is 24.6 Å². The van der Waals surface area contributed by atoms with E-state index in [1.807, 2.05) is 24.3 Å². The number of ether oxygens (including phenoxy) is 1. The Hall–Kier alpha value is -2.64. The largest absolute Gasteiger partial charge is 0.381 e. The van der Waals surface area contributed by atoms with E-state index in [1.165, 1.54) is 0 Å². The predicted molar refractivity (Wildman–Crippen MR) is 119 cm³/mol. The number of alkyl halides is 2. The molecule has 0 amide bonds. The molecule has 0 aromatic heterocycles. The molecular weight excluding hydrogens is 540 g/mol. The SMILES string of the molecule is O=[N+]([O-])N=Nc1ccc(C(Br)CCOCCC(Br)c2ccc(N=N[N+](=O)[O-])cc2)cc1. The Kier molecular flexibility index (Phi) is 10.3. The van der Waals surface area contributed by atoms with Crippen molar-refractivity contribution >= 4 is 43.2 Å². The fraction of sp³-hybridized carbons (Fsp3) is 0.333. The molecule has 0 aliphatic rings. The lowest BCUT2D eigenvalue weighted by Gasteiger charge is -2.12. The van der Waals surface area contributed by atoms with Crippen LogP contribution in [0.15, 0.2) is 69.2 Å². The summed E-state index contributed by atoms with van der Waals surface area (Å²) in [6, 6.07) is 14.0. The van der Waals surface area contributed by atoms with Gasteiger partial charge in [-0.2, -0.15) is 0 Å². The van der Waals surface area contributed by atoms with Gasteiger partial charge >= 0.3 is 0 Å². The molecule has 0 spiro atoms. The average Bonchev–Trinajstić information content (AvgIpc) is 2.76. The van der Waals surface area contributed by atoms with Crippen molar-refractivity contribution in [3.05, 3.63) is 79.9 Å². The molecule has 0 saturated carbocycles. The summed E-state index contributed by atoms with van der Waals surface area (Å²) in [7, 11) is 0. The standard InChI is InChI=1S/C18H18Br2N6O5/c19-17(13-1-5-15(6-2-13)21-23-25(27)28)9-11-31-12-10-18(20)14-3-7-16(8-4-14)22-24-26(29)30/h1-8,17-18H,9-12H2. The van der Waals surface area contributed by atoms with Crippen LogP contribution in [0.25, 0.3) is 0 Å². The van der Waals surface area contributed by atoms with Gasteiger partial charge < -0.3 is 25.0 Å². The number of rotatable bonds is 12. The smallest absolute Gasteiger partial charge is 0.203 e. The summed E-state index contributed by atoms with van der Waals surface area (Å²) in [4.78, 5) is 20.5. The summed E-state index contributed by atoms with van der Waals surface area (Å²) < 4.78 is 5.72. The number of benzene rings is 2. The van der Waals surface area contributed by atoms with Gasteiger partial charge in [-0.3, -0.25) is 0 Å². The minimum Gasteiger partial charge on any atom is -0.381 e. The molecule has 0 saturated heterocycles. The molecule has 0 N–H and O–H groups in total. The normalized spacial score (nSPS) is 13.5. The molecular formula is C18H18Br2N6O5. The van der Waals surface area contributed by atoms with Crippen LogP contribution < -0.4 is 0 Å². The van der Waals surface area contributed by atoms with Gasteiger partial charge in [0, 0.05) is 22.9 Å². The van der Waals surface area contributed by atoms with Crippen molar-refractivity contribution in [2.75, 3.05) is 13.2 Å². The van der Waals surface area contributed by atoms with E-state index in [4.69, 9.17) is 4.74 Å². The first kappa shape index (κ1) is 24.6. The van der Waals surface area contributed by atoms with Gasteiger partial charge in [0.05, 0.1) is 20.3 Å². The van der Waals surface area contributed by atoms with Crippen molar-refractivity contribution in [2.24, 2.45) is 20.7 Å². The highest BCUT2D eigenvalue weighted by Crippen LogP contribution is 2.30. The molecule has 0 heterocycles. The van der Waals surface area contributed by atoms with Crippen molar-refractivity contribution in [3.8, 4) is 0 Å². The molecule has 11 nitrogen and oxygen atoms in total. The third-order valence-electron chi connectivity index (χ3n) is 4.01. The van der Waals surface area contributed by atoms with Gasteiger partial charge in [-0.05, 0) is 48.2 Å². The second-order valence-electron chi connectivity index (χ2n) is 6.16. The summed E-state index contributed by atoms with van der Waals surface area (Å²) in [5.74, 6) is 0. The van der Waals surface area contributed by atoms with Crippen molar-refractivity contribution in [1.82, 2.24) is 0 Å². The van der Waals surface area contributed by atoms with Crippen LogP contribution in [0.1, 0.15) is 33.6 Å². The predicted octanol–water partition coefficient (Wildman–Crippen LogP) is 6.61. The van der Waals surface area contributed by atoms with Crippen LogP contribution >= 0.6 is 31.9 Å². The molecule has 2 unspecified atom stereocenters. The Morgan fingerprint density at radius 3 is 1.42 bits per heavy atom. The maximum atomic E-state index is 10.2. The van der Waals surface area contributed by atoms with Crippen LogP contribution in [-0.2, 0) is 4.74 Å². The van der Waals surface area contributed by atoms with Crippen LogP contribution in [0.2, 0.25) is 0 Å². The summed E-state index contributed by atoms with van der Waals surface area (Å²) in [5, 5.41) is 31.4. The van der Waals surface area contributed by atoms with Gasteiger partial charge in [-0.15, -0.1) is 0 Å². The molecule has 31 heavy (non-hydrogen) atoms. The van der Waals surface area contributed by atoms with Crippen molar-refractivity contribution in [3.63, 3.8) is 0 Å². The van der Waals surface area contributed by atoms with Crippen LogP contribution in [0.5, 0.6) is 0 Å². The molecule has 164 valence electrons. The third-order valence-corrected chi connectivity index (χ3v) is 5.98. The van der Waals surface area contributed by atoms with E-state index in [2.05, 4.69) is 52.5 Å². The maximum absolute atomic E-state index is 10.2. The Balaban J connectivity index is 1.70. The van der Waals surface area contributed by atoms with E-state index < -0.39 is 10.1 Å². The van der Waals surface area contributed by atoms with Crippen LogP contribution in [-0.4, -0.2) is 23.3 Å². The molecule has 0 radical (unpaired) electrons. The van der Waals surface area contributed by atoms with Crippen molar-refractivity contribution in [2.45, 2.75) is 22.5 Å². The zero-order chi connectivity index (χ0) is 22.6. The summed E-state index contributed by atoms with van der Waals surface area (Å²) in [5.41, 5.74) is 2.84. The van der Waals surface area contributed by atoms with Gasteiger partial charge in [0.15, 0.2) is 10.4 Å². The Morgan fingerprint density at radius 1 is 0.742 bits per heavy atom. The lowest BCUT2D eigenvalue weighted by Crippen LogP contribution is -2.03. The Labute approximate surface area is 194 Å². The Morgan fingerprint density at radius 2 is 1.10 bits per heavy atom. The fourth-order valence-corrected chi connectivity index (χ4v) is 3.47. The van der Waals surface area contributed by atoms with Gasteiger partial charge in [0.2, 0.25) is 11.4 Å². The fourth-order valence-electron chi connectivity index (χ4n) is 2.48. The van der Waals surface area contributed by atoms with Gasteiger partial charge in [0.25, 0.3) is 0 Å². The minimum atomic E-state index is -0.850. The number of hydrogen-bond acceptors (Lipinski definition) is 7. The van der Waals surface area contributed by atoms with E-state index in [1.54, 1.807) is 24.3 Å². The molecule has 2 atom stereocenters. The summed E-state index contributed by atoms with van der Waals surface area (Å²) in [6.45, 7) is 1.11. The molecule has 2 aromatic rings. The summed E-state index contributed by atoms with van der Waals surface area (Å²) in [6.07, 6.45) is 1.50. The third kappa shape index (κ3) is 9.36. The molecule has 0 aliphatic heterocycles. The van der Waals surface area contributed by atoms with Gasteiger partial charge in [-0.1, -0.05) is 56.1 Å². The topological polar surface area (TPSA) is 145 Å². The van der Waals surface area contributed by atoms with E-state index in [0.717, 1.165) is 24.0 Å². The average molecular weight is 558 g/mol. The quantitative estimate of drug-likeness (QED) is 0.0947. The van der Waals surface area contributed by atoms with E-state index in [-0.39, 0.29) is 9.65 Å². The van der Waals surface area contributed by atoms with Gasteiger partial charge in [0.1, 0.15) is 0 Å². The minimum absolute atomic E-state index is 0.0784. The molecule has 2 aromatic carbocycles. The van der Waals surface area contributed by atoms with E-state index in [9.17, 15) is 20.2 Å². The van der Waals surface area contributed by atoms with Gasteiger partial charge in [-0.25, -0.2) is 0 Å². The zero-order valence-corrected chi connectivity index (χ0v) is 19.3. The molecule has 0 bridgehead atoms. The monoisotopic (exact) mass is 556 g/mol. The number of nitro groups is 2. The van der Waals surface area contributed by atoms with Crippen LogP contribution in [0, 0.1) is 20.2 Å². The highest BCUT2D eigenvalue weighted by molar-refractivity contribution is 9.09. The summed E-state index contributed by atoms with van der Waals surface area (Å²) >= 11 is 7.22. The lowest BCUT2D eigenvalue weighted by molar-refractivity contribution is -0.493. The van der Waals surface area contributed by atoms with Crippen molar-refractivity contribution < 1.29 is 14.8 Å². The van der Waals surface area contributed by atoms with Crippen LogP contribution in [0.3, 0.4) is 0 Å². The number of hydrogen-bond donors (Lipinski definition) is 0.